The Morgan fingerprint density at radius 1 is 0.885 bits per heavy atom. The summed E-state index contributed by atoms with van der Waals surface area (Å²) in [6.07, 6.45) is 0. The van der Waals surface area contributed by atoms with Gasteiger partial charge in [0.15, 0.2) is 0 Å². The molecule has 0 fully saturated rings. The molecule has 0 atom stereocenters. The lowest BCUT2D eigenvalue weighted by molar-refractivity contribution is -0.135. The molecule has 0 saturated heterocycles. The van der Waals surface area contributed by atoms with E-state index in [-0.39, 0.29) is 23.4 Å². The summed E-state index contributed by atoms with van der Waals surface area (Å²) in [5.41, 5.74) is 3.66. The first-order chi connectivity index (χ1) is 12.4. The molecule has 6 nitrogen and oxygen atoms in total. The molecular weight excluding hydrogens is 330 g/mol. The molecular formula is C20H19N3O3. The first kappa shape index (κ1) is 17.4. The largest absolute Gasteiger partial charge is 0.350 e. The van der Waals surface area contributed by atoms with Crippen LogP contribution in [0, 0.1) is 6.92 Å². The second-order valence-corrected chi connectivity index (χ2v) is 6.17. The highest BCUT2D eigenvalue weighted by molar-refractivity contribution is 6.36. The number of imide groups is 1. The van der Waals surface area contributed by atoms with Gasteiger partial charge < -0.3 is 10.6 Å². The summed E-state index contributed by atoms with van der Waals surface area (Å²) in [7, 11) is 1.47. The summed E-state index contributed by atoms with van der Waals surface area (Å²) < 4.78 is 0. The zero-order chi connectivity index (χ0) is 18.8. The lowest BCUT2D eigenvalue weighted by Crippen LogP contribution is -2.27. The fourth-order valence-corrected chi connectivity index (χ4v) is 2.73. The molecule has 132 valence electrons. The number of anilines is 2. The normalized spacial score (nSPS) is 14.0. The molecule has 2 N–H and O–H groups in total. The number of amides is 3. The maximum absolute atomic E-state index is 12.5. The lowest BCUT2D eigenvalue weighted by atomic mass is 10.0. The van der Waals surface area contributed by atoms with Gasteiger partial charge in [0.1, 0.15) is 5.70 Å². The third-order valence-electron chi connectivity index (χ3n) is 4.10. The molecule has 0 saturated carbocycles. The van der Waals surface area contributed by atoms with E-state index in [4.69, 9.17) is 0 Å². The number of nitrogens with one attached hydrogen (secondary N) is 2. The highest BCUT2D eigenvalue weighted by Crippen LogP contribution is 2.30. The van der Waals surface area contributed by atoms with Crippen LogP contribution in [0.5, 0.6) is 0 Å². The monoisotopic (exact) mass is 349 g/mol. The van der Waals surface area contributed by atoms with Gasteiger partial charge in [-0.3, -0.25) is 19.3 Å². The van der Waals surface area contributed by atoms with Crippen molar-refractivity contribution in [2.45, 2.75) is 13.8 Å². The van der Waals surface area contributed by atoms with Crippen molar-refractivity contribution in [1.29, 1.82) is 0 Å². The molecule has 3 amide bonds. The van der Waals surface area contributed by atoms with Crippen LogP contribution in [-0.2, 0) is 14.4 Å². The minimum Gasteiger partial charge on any atom is -0.350 e. The molecule has 0 bridgehead atoms. The van der Waals surface area contributed by atoms with Crippen LogP contribution >= 0.6 is 0 Å². The van der Waals surface area contributed by atoms with Crippen molar-refractivity contribution in [3.63, 3.8) is 0 Å². The molecule has 26 heavy (non-hydrogen) atoms. The Kier molecular flexibility index (Phi) is 4.58. The summed E-state index contributed by atoms with van der Waals surface area (Å²) >= 11 is 0. The van der Waals surface area contributed by atoms with Crippen LogP contribution in [0.25, 0.3) is 5.57 Å². The molecule has 6 heteroatoms. The number of rotatable bonds is 4. The summed E-state index contributed by atoms with van der Waals surface area (Å²) in [5, 5.41) is 5.73. The van der Waals surface area contributed by atoms with Gasteiger partial charge in [0, 0.05) is 25.3 Å². The first-order valence-corrected chi connectivity index (χ1v) is 8.15. The zero-order valence-electron chi connectivity index (χ0n) is 14.8. The average molecular weight is 349 g/mol. The molecule has 2 aromatic rings. The number of likely N-dealkylation sites (N-methyl/N-ethyl adjacent to an activating group) is 1. The molecule has 1 heterocycles. The molecule has 2 aromatic carbocycles. The summed E-state index contributed by atoms with van der Waals surface area (Å²) in [6.45, 7) is 3.39. The quantitative estimate of drug-likeness (QED) is 0.832. The molecule has 1 aliphatic heterocycles. The number of benzene rings is 2. The molecule has 3 rings (SSSR count). The van der Waals surface area contributed by atoms with Gasteiger partial charge in [-0.05, 0) is 36.8 Å². The fourth-order valence-electron chi connectivity index (χ4n) is 2.73. The van der Waals surface area contributed by atoms with Crippen molar-refractivity contribution in [2.24, 2.45) is 0 Å². The van der Waals surface area contributed by atoms with Crippen LogP contribution in [0.15, 0.2) is 54.2 Å². The van der Waals surface area contributed by atoms with Crippen molar-refractivity contribution in [3.05, 3.63) is 65.4 Å². The summed E-state index contributed by atoms with van der Waals surface area (Å²) in [4.78, 5) is 37.2. The number of nitrogens with zero attached hydrogens (tertiary/aromatic N) is 1. The third-order valence-corrected chi connectivity index (χ3v) is 4.10. The van der Waals surface area contributed by atoms with Gasteiger partial charge >= 0.3 is 0 Å². The topological polar surface area (TPSA) is 78.5 Å². The third kappa shape index (κ3) is 3.35. The number of aryl methyl sites for hydroxylation is 1. The maximum atomic E-state index is 12.5. The Morgan fingerprint density at radius 2 is 1.46 bits per heavy atom. The van der Waals surface area contributed by atoms with Crippen LogP contribution in [0.3, 0.4) is 0 Å². The second-order valence-electron chi connectivity index (χ2n) is 6.17. The Balaban J connectivity index is 1.96. The van der Waals surface area contributed by atoms with E-state index in [1.165, 1.54) is 14.0 Å². The van der Waals surface area contributed by atoms with Gasteiger partial charge in [-0.2, -0.15) is 0 Å². The standard InChI is InChI=1S/C20H19N3O3/c1-12-4-6-14(7-5-12)17-18(20(26)23(3)19(17)25)22-16-10-8-15(9-11-16)21-13(2)24/h4-11,22H,1-3H3,(H,21,24). The van der Waals surface area contributed by atoms with Crippen LogP contribution in [0.4, 0.5) is 11.4 Å². The van der Waals surface area contributed by atoms with Crippen molar-refractivity contribution >= 4 is 34.7 Å². The zero-order valence-corrected chi connectivity index (χ0v) is 14.8. The minimum absolute atomic E-state index is 0.159. The SMILES string of the molecule is CC(=O)Nc1ccc(NC2=C(c3ccc(C)cc3)C(=O)N(C)C2=O)cc1. The lowest BCUT2D eigenvalue weighted by Gasteiger charge is -2.10. The molecule has 0 aliphatic carbocycles. The highest BCUT2D eigenvalue weighted by atomic mass is 16.2. The summed E-state index contributed by atoms with van der Waals surface area (Å²) in [5.74, 6) is -0.874. The van der Waals surface area contributed by atoms with E-state index in [1.54, 1.807) is 24.3 Å². The van der Waals surface area contributed by atoms with Gasteiger partial charge in [0.25, 0.3) is 11.8 Å². The van der Waals surface area contributed by atoms with E-state index in [2.05, 4.69) is 10.6 Å². The van der Waals surface area contributed by atoms with Crippen LogP contribution in [0.1, 0.15) is 18.1 Å². The van der Waals surface area contributed by atoms with E-state index >= 15 is 0 Å². The fraction of sp³-hybridized carbons (Fsp3) is 0.150. The van der Waals surface area contributed by atoms with Gasteiger partial charge in [-0.1, -0.05) is 29.8 Å². The number of carbonyl (C=O) groups is 3. The average Bonchev–Trinajstić information content (AvgIpc) is 2.81. The Labute approximate surface area is 151 Å². The van der Waals surface area contributed by atoms with Gasteiger partial charge in [-0.15, -0.1) is 0 Å². The van der Waals surface area contributed by atoms with Gasteiger partial charge in [0.2, 0.25) is 5.91 Å². The van der Waals surface area contributed by atoms with E-state index < -0.39 is 0 Å². The Morgan fingerprint density at radius 3 is 2.04 bits per heavy atom. The van der Waals surface area contributed by atoms with E-state index in [1.807, 2.05) is 31.2 Å². The Bertz CT molecular complexity index is 912. The van der Waals surface area contributed by atoms with Crippen molar-refractivity contribution in [3.8, 4) is 0 Å². The van der Waals surface area contributed by atoms with E-state index in [0.29, 0.717) is 22.5 Å². The van der Waals surface area contributed by atoms with E-state index in [0.717, 1.165) is 10.5 Å². The highest BCUT2D eigenvalue weighted by Gasteiger charge is 2.36. The minimum atomic E-state index is -0.378. The van der Waals surface area contributed by atoms with Gasteiger partial charge in [-0.25, -0.2) is 0 Å². The second kappa shape index (κ2) is 6.84. The smallest absolute Gasteiger partial charge is 0.277 e. The maximum Gasteiger partial charge on any atom is 0.277 e. The summed E-state index contributed by atoms with van der Waals surface area (Å²) in [6, 6.07) is 14.4. The van der Waals surface area contributed by atoms with Crippen LogP contribution < -0.4 is 10.6 Å². The van der Waals surface area contributed by atoms with Crippen LogP contribution in [-0.4, -0.2) is 29.7 Å². The number of hydrogen-bond acceptors (Lipinski definition) is 4. The van der Waals surface area contributed by atoms with E-state index in [9.17, 15) is 14.4 Å². The Hall–Kier alpha value is -3.41. The molecule has 0 radical (unpaired) electrons. The van der Waals surface area contributed by atoms with Crippen molar-refractivity contribution < 1.29 is 14.4 Å². The number of hydrogen-bond donors (Lipinski definition) is 2. The molecule has 0 aromatic heterocycles. The van der Waals surface area contributed by atoms with Crippen LogP contribution in [0.2, 0.25) is 0 Å². The predicted molar refractivity (Wildman–Crippen MR) is 100 cm³/mol. The van der Waals surface area contributed by atoms with Crippen molar-refractivity contribution in [1.82, 2.24) is 4.90 Å². The first-order valence-electron chi connectivity index (χ1n) is 8.15. The predicted octanol–water partition coefficient (Wildman–Crippen LogP) is 2.78. The molecule has 0 unspecified atom stereocenters. The molecule has 0 spiro atoms. The number of carbonyl (C=O) groups excluding carboxylic acids is 3. The van der Waals surface area contributed by atoms with Crippen molar-refractivity contribution in [2.75, 3.05) is 17.7 Å². The molecule has 1 aliphatic rings. The van der Waals surface area contributed by atoms with Gasteiger partial charge in [0.05, 0.1) is 5.57 Å².